The summed E-state index contributed by atoms with van der Waals surface area (Å²) in [5, 5.41) is 20.7. The van der Waals surface area contributed by atoms with Crippen LogP contribution in [0.4, 0.5) is 0 Å². The number of halogens is 1. The fourth-order valence-corrected chi connectivity index (χ4v) is 3.61. The Morgan fingerprint density at radius 2 is 1.88 bits per heavy atom. The normalized spacial score (nSPS) is 12.4. The highest BCUT2D eigenvalue weighted by Crippen LogP contribution is 2.31. The maximum absolute atomic E-state index is 11.1. The van der Waals surface area contributed by atoms with Crippen LogP contribution in [-0.4, -0.2) is 20.7 Å². The average molecular weight is 372 g/mol. The second-order valence-corrected chi connectivity index (χ2v) is 7.33. The quantitative estimate of drug-likeness (QED) is 0.640. The molecule has 1 unspecified atom stereocenters. The van der Waals surface area contributed by atoms with E-state index in [1.807, 2.05) is 44.2 Å². The van der Waals surface area contributed by atoms with E-state index in [1.54, 1.807) is 12.1 Å². The SMILES string of the molecule is Cc1c(CC(C)CC(=O)O)n(Cc2ccc(Cl)cc2)c2ccc(O)cc12. The Morgan fingerprint density at radius 1 is 1.19 bits per heavy atom. The number of hydrogen-bond acceptors (Lipinski definition) is 2. The highest BCUT2D eigenvalue weighted by Gasteiger charge is 2.18. The molecule has 0 amide bonds. The van der Waals surface area contributed by atoms with Gasteiger partial charge in [-0.1, -0.05) is 30.7 Å². The van der Waals surface area contributed by atoms with Crippen molar-refractivity contribution in [1.82, 2.24) is 4.57 Å². The van der Waals surface area contributed by atoms with Crippen LogP contribution in [0, 0.1) is 12.8 Å². The molecule has 0 aliphatic carbocycles. The van der Waals surface area contributed by atoms with Crippen molar-refractivity contribution in [2.75, 3.05) is 0 Å². The summed E-state index contributed by atoms with van der Waals surface area (Å²) >= 11 is 5.99. The van der Waals surface area contributed by atoms with E-state index in [0.717, 1.165) is 27.7 Å². The van der Waals surface area contributed by atoms with Gasteiger partial charge in [-0.15, -0.1) is 0 Å². The molecule has 0 aliphatic heterocycles. The molecule has 3 aromatic rings. The summed E-state index contributed by atoms with van der Waals surface area (Å²) < 4.78 is 2.21. The summed E-state index contributed by atoms with van der Waals surface area (Å²) in [4.78, 5) is 11.1. The number of phenolic OH excluding ortho intramolecular Hbond substituents is 1. The Hall–Kier alpha value is -2.46. The number of benzene rings is 2. The summed E-state index contributed by atoms with van der Waals surface area (Å²) in [6.45, 7) is 4.65. The van der Waals surface area contributed by atoms with E-state index in [9.17, 15) is 9.90 Å². The number of phenols is 1. The Morgan fingerprint density at radius 3 is 2.54 bits per heavy atom. The molecule has 0 spiro atoms. The monoisotopic (exact) mass is 371 g/mol. The number of aromatic hydroxyl groups is 1. The number of rotatable bonds is 6. The molecule has 2 aromatic carbocycles. The third kappa shape index (κ3) is 3.86. The molecule has 0 bridgehead atoms. The molecule has 0 saturated heterocycles. The molecule has 5 heteroatoms. The van der Waals surface area contributed by atoms with Crippen LogP contribution in [0.5, 0.6) is 5.75 Å². The second-order valence-electron chi connectivity index (χ2n) is 6.89. The first-order valence-electron chi connectivity index (χ1n) is 8.62. The van der Waals surface area contributed by atoms with E-state index in [2.05, 4.69) is 4.57 Å². The van der Waals surface area contributed by atoms with Crippen LogP contribution >= 0.6 is 11.6 Å². The molecule has 3 rings (SSSR count). The van der Waals surface area contributed by atoms with E-state index in [0.29, 0.717) is 18.0 Å². The zero-order valence-electron chi connectivity index (χ0n) is 14.9. The summed E-state index contributed by atoms with van der Waals surface area (Å²) in [5.41, 5.74) is 4.34. The van der Waals surface area contributed by atoms with Crippen molar-refractivity contribution in [2.45, 2.75) is 33.2 Å². The lowest BCUT2D eigenvalue weighted by atomic mass is 9.99. The van der Waals surface area contributed by atoms with Crippen LogP contribution in [-0.2, 0) is 17.8 Å². The van der Waals surface area contributed by atoms with E-state index in [4.69, 9.17) is 16.7 Å². The first-order chi connectivity index (χ1) is 12.3. The zero-order chi connectivity index (χ0) is 18.8. The van der Waals surface area contributed by atoms with Gasteiger partial charge < -0.3 is 14.8 Å². The number of hydrogen-bond donors (Lipinski definition) is 2. The summed E-state index contributed by atoms with van der Waals surface area (Å²) in [6.07, 6.45) is 0.800. The first kappa shape index (κ1) is 18.3. The Kier molecular flexibility index (Phi) is 5.23. The van der Waals surface area contributed by atoms with Crippen molar-refractivity contribution < 1.29 is 15.0 Å². The van der Waals surface area contributed by atoms with Crippen molar-refractivity contribution in [3.05, 3.63) is 64.3 Å². The zero-order valence-corrected chi connectivity index (χ0v) is 15.6. The molecular formula is C21H22ClNO3. The van der Waals surface area contributed by atoms with Crippen molar-refractivity contribution in [1.29, 1.82) is 0 Å². The second kappa shape index (κ2) is 7.42. The molecule has 1 heterocycles. The smallest absolute Gasteiger partial charge is 0.303 e. The number of fused-ring (bicyclic) bond motifs is 1. The number of carboxylic acid groups (broad SMARTS) is 1. The fourth-order valence-electron chi connectivity index (χ4n) is 3.48. The lowest BCUT2D eigenvalue weighted by Gasteiger charge is -2.15. The highest BCUT2D eigenvalue weighted by atomic mass is 35.5. The summed E-state index contributed by atoms with van der Waals surface area (Å²) in [5.74, 6) is -0.532. The van der Waals surface area contributed by atoms with E-state index in [-0.39, 0.29) is 18.1 Å². The van der Waals surface area contributed by atoms with E-state index in [1.165, 1.54) is 0 Å². The van der Waals surface area contributed by atoms with Crippen molar-refractivity contribution in [3.63, 3.8) is 0 Å². The first-order valence-corrected chi connectivity index (χ1v) is 9.00. The van der Waals surface area contributed by atoms with Crippen molar-refractivity contribution in [2.24, 2.45) is 5.92 Å². The molecule has 136 valence electrons. The van der Waals surface area contributed by atoms with Crippen LogP contribution in [0.2, 0.25) is 5.02 Å². The number of carbonyl (C=O) groups is 1. The standard InChI is InChI=1S/C21H22ClNO3/c1-13(10-21(25)26)9-20-14(2)18-11-17(24)7-8-19(18)23(20)12-15-3-5-16(22)6-4-15/h3-8,11,13,24H,9-10,12H2,1-2H3,(H,25,26). The summed E-state index contributed by atoms with van der Waals surface area (Å²) in [7, 11) is 0. The minimum Gasteiger partial charge on any atom is -0.508 e. The minimum absolute atomic E-state index is 0.0214. The third-order valence-electron chi connectivity index (χ3n) is 4.75. The van der Waals surface area contributed by atoms with Crippen LogP contribution in [0.1, 0.15) is 30.2 Å². The Bertz CT molecular complexity index is 944. The van der Waals surface area contributed by atoms with Crippen LogP contribution in [0.3, 0.4) is 0 Å². The predicted octanol–water partition coefficient (Wildman–Crippen LogP) is 5.01. The number of aryl methyl sites for hydroxylation is 1. The van der Waals surface area contributed by atoms with Gasteiger partial charge >= 0.3 is 5.97 Å². The largest absolute Gasteiger partial charge is 0.508 e. The molecule has 1 aromatic heterocycles. The van der Waals surface area contributed by atoms with Gasteiger partial charge in [-0.25, -0.2) is 0 Å². The minimum atomic E-state index is -0.784. The van der Waals surface area contributed by atoms with Crippen molar-refractivity contribution in [3.8, 4) is 5.75 Å². The molecule has 0 radical (unpaired) electrons. The lowest BCUT2D eigenvalue weighted by molar-refractivity contribution is -0.137. The van der Waals surface area contributed by atoms with Gasteiger partial charge in [-0.3, -0.25) is 4.79 Å². The van der Waals surface area contributed by atoms with Gasteiger partial charge in [0.25, 0.3) is 0 Å². The van der Waals surface area contributed by atoms with Gasteiger partial charge in [0.05, 0.1) is 0 Å². The van der Waals surface area contributed by atoms with E-state index < -0.39 is 5.97 Å². The number of aliphatic carboxylic acids is 1. The fraction of sp³-hybridized carbons (Fsp3) is 0.286. The molecular weight excluding hydrogens is 350 g/mol. The summed E-state index contributed by atoms with van der Waals surface area (Å²) in [6, 6.07) is 13.1. The molecule has 26 heavy (non-hydrogen) atoms. The third-order valence-corrected chi connectivity index (χ3v) is 5.00. The molecule has 0 saturated carbocycles. The number of nitrogens with zero attached hydrogens (tertiary/aromatic N) is 1. The molecule has 0 aliphatic rings. The number of aromatic nitrogens is 1. The van der Waals surface area contributed by atoms with Gasteiger partial charge in [0.15, 0.2) is 0 Å². The van der Waals surface area contributed by atoms with Gasteiger partial charge in [0.2, 0.25) is 0 Å². The van der Waals surface area contributed by atoms with Gasteiger partial charge in [-0.05, 0) is 60.7 Å². The predicted molar refractivity (Wildman–Crippen MR) is 104 cm³/mol. The number of carboxylic acids is 1. The Labute approximate surface area is 157 Å². The highest BCUT2D eigenvalue weighted by molar-refractivity contribution is 6.30. The molecule has 2 N–H and O–H groups in total. The molecule has 1 atom stereocenters. The topological polar surface area (TPSA) is 62.5 Å². The Balaban J connectivity index is 2.06. The van der Waals surface area contributed by atoms with E-state index >= 15 is 0 Å². The lowest BCUT2D eigenvalue weighted by Crippen LogP contribution is -2.12. The van der Waals surface area contributed by atoms with Gasteiger partial charge in [0.1, 0.15) is 5.75 Å². The van der Waals surface area contributed by atoms with Gasteiger partial charge in [0, 0.05) is 34.6 Å². The van der Waals surface area contributed by atoms with Gasteiger partial charge in [-0.2, -0.15) is 0 Å². The maximum atomic E-state index is 11.1. The maximum Gasteiger partial charge on any atom is 0.303 e. The molecule has 0 fully saturated rings. The molecule has 4 nitrogen and oxygen atoms in total. The van der Waals surface area contributed by atoms with Crippen LogP contribution < -0.4 is 0 Å². The van der Waals surface area contributed by atoms with Crippen LogP contribution in [0.25, 0.3) is 10.9 Å². The van der Waals surface area contributed by atoms with Crippen LogP contribution in [0.15, 0.2) is 42.5 Å². The average Bonchev–Trinajstić information content (AvgIpc) is 2.81. The van der Waals surface area contributed by atoms with Crippen molar-refractivity contribution >= 4 is 28.5 Å².